The molecule has 2 amide bonds. The number of carbonyl (C=O) groups excluding carboxylic acids is 2. The van der Waals surface area contributed by atoms with Gasteiger partial charge in [-0.25, -0.2) is 4.68 Å². The maximum atomic E-state index is 12.8. The molecule has 0 spiro atoms. The van der Waals surface area contributed by atoms with E-state index in [2.05, 4.69) is 20.8 Å². The van der Waals surface area contributed by atoms with Crippen LogP contribution in [-0.4, -0.2) is 50.0 Å². The molecule has 1 fully saturated rings. The number of tetrazole rings is 1. The highest BCUT2D eigenvalue weighted by atomic mass is 32.1. The van der Waals surface area contributed by atoms with Gasteiger partial charge in [-0.15, -0.1) is 5.10 Å². The highest BCUT2D eigenvalue weighted by Gasteiger charge is 2.28. The quantitative estimate of drug-likeness (QED) is 0.713. The van der Waals surface area contributed by atoms with Crippen LogP contribution in [0.3, 0.4) is 0 Å². The molecular weight excluding hydrogens is 376 g/mol. The van der Waals surface area contributed by atoms with Gasteiger partial charge in [0.15, 0.2) is 0 Å². The zero-order valence-corrected chi connectivity index (χ0v) is 16.0. The molecule has 0 radical (unpaired) electrons. The molecule has 1 atom stereocenters. The summed E-state index contributed by atoms with van der Waals surface area (Å²) in [5.41, 5.74) is 2.47. The summed E-state index contributed by atoms with van der Waals surface area (Å²) in [4.78, 5) is 27.1. The Morgan fingerprint density at radius 1 is 1.29 bits per heavy atom. The number of carbonyl (C=O) groups is 2. The van der Waals surface area contributed by atoms with Crippen LogP contribution in [0.4, 0.5) is 5.69 Å². The molecule has 1 N–H and O–H groups in total. The smallest absolute Gasteiger partial charge is 0.229 e. The number of amides is 2. The van der Waals surface area contributed by atoms with Gasteiger partial charge in [0.2, 0.25) is 11.8 Å². The van der Waals surface area contributed by atoms with Gasteiger partial charge < -0.3 is 10.2 Å². The van der Waals surface area contributed by atoms with Crippen molar-refractivity contribution in [3.63, 3.8) is 0 Å². The van der Waals surface area contributed by atoms with Crippen LogP contribution in [-0.2, 0) is 16.0 Å². The predicted octanol–water partition coefficient (Wildman–Crippen LogP) is 2.14. The third-order valence-electron chi connectivity index (χ3n) is 4.81. The summed E-state index contributed by atoms with van der Waals surface area (Å²) in [5, 5.41) is 18.0. The molecule has 0 saturated carbocycles. The van der Waals surface area contributed by atoms with Crippen molar-refractivity contribution in [1.82, 2.24) is 25.1 Å². The van der Waals surface area contributed by atoms with Crippen molar-refractivity contribution >= 4 is 28.8 Å². The second kappa shape index (κ2) is 8.30. The summed E-state index contributed by atoms with van der Waals surface area (Å²) >= 11 is 1.59. The van der Waals surface area contributed by atoms with Gasteiger partial charge in [0.05, 0.1) is 18.0 Å². The van der Waals surface area contributed by atoms with Crippen molar-refractivity contribution < 1.29 is 9.59 Å². The molecule has 4 rings (SSSR count). The van der Waals surface area contributed by atoms with Crippen molar-refractivity contribution in [3.8, 4) is 5.69 Å². The van der Waals surface area contributed by atoms with Crippen molar-refractivity contribution in [2.24, 2.45) is 5.92 Å². The maximum Gasteiger partial charge on any atom is 0.229 e. The van der Waals surface area contributed by atoms with E-state index in [1.807, 2.05) is 46.0 Å². The van der Waals surface area contributed by atoms with Gasteiger partial charge in [-0.3, -0.25) is 9.59 Å². The molecule has 144 valence electrons. The number of anilines is 1. The Balaban J connectivity index is 1.38. The third-order valence-corrected chi connectivity index (χ3v) is 5.54. The Kier molecular flexibility index (Phi) is 5.43. The first kappa shape index (κ1) is 18.3. The highest BCUT2D eigenvalue weighted by molar-refractivity contribution is 7.08. The SMILES string of the molecule is O=C(Nc1cccc(-n2cnnn2)c1)C1CCCN(C(=O)Cc2ccsc2)C1. The Morgan fingerprint density at radius 3 is 3.00 bits per heavy atom. The minimum Gasteiger partial charge on any atom is -0.342 e. The monoisotopic (exact) mass is 396 g/mol. The van der Waals surface area contributed by atoms with E-state index in [9.17, 15) is 9.59 Å². The maximum absolute atomic E-state index is 12.8. The fourth-order valence-corrected chi connectivity index (χ4v) is 4.02. The average molecular weight is 396 g/mol. The van der Waals surface area contributed by atoms with Crippen LogP contribution in [0.1, 0.15) is 18.4 Å². The Bertz CT molecular complexity index is 941. The van der Waals surface area contributed by atoms with E-state index in [0.29, 0.717) is 25.2 Å². The molecule has 8 nitrogen and oxygen atoms in total. The molecule has 3 heterocycles. The summed E-state index contributed by atoms with van der Waals surface area (Å²) in [6, 6.07) is 9.31. The fourth-order valence-electron chi connectivity index (χ4n) is 3.35. The number of rotatable bonds is 5. The minimum absolute atomic E-state index is 0.0677. The van der Waals surface area contributed by atoms with Crippen LogP contribution in [0, 0.1) is 5.92 Å². The molecule has 3 aromatic rings. The molecule has 2 aromatic heterocycles. The van der Waals surface area contributed by atoms with Gasteiger partial charge >= 0.3 is 0 Å². The van der Waals surface area contributed by atoms with Crippen molar-refractivity contribution in [1.29, 1.82) is 0 Å². The van der Waals surface area contributed by atoms with Gasteiger partial charge in [-0.2, -0.15) is 11.3 Å². The van der Waals surface area contributed by atoms with E-state index < -0.39 is 0 Å². The second-order valence-corrected chi connectivity index (χ2v) is 7.56. The topological polar surface area (TPSA) is 93.0 Å². The van der Waals surface area contributed by atoms with Crippen LogP contribution < -0.4 is 5.32 Å². The Morgan fingerprint density at radius 2 is 2.21 bits per heavy atom. The zero-order chi connectivity index (χ0) is 19.3. The number of hydrogen-bond donors (Lipinski definition) is 1. The lowest BCUT2D eigenvalue weighted by Gasteiger charge is -2.32. The summed E-state index contributed by atoms with van der Waals surface area (Å²) in [6.45, 7) is 1.17. The number of piperidine rings is 1. The lowest BCUT2D eigenvalue weighted by molar-refractivity contribution is -0.133. The van der Waals surface area contributed by atoms with E-state index in [0.717, 1.165) is 24.1 Å². The van der Waals surface area contributed by atoms with Crippen LogP contribution in [0.5, 0.6) is 0 Å². The predicted molar refractivity (Wildman–Crippen MR) is 105 cm³/mol. The van der Waals surface area contributed by atoms with E-state index in [-0.39, 0.29) is 17.7 Å². The Hall–Kier alpha value is -3.07. The van der Waals surface area contributed by atoms with E-state index in [1.54, 1.807) is 11.3 Å². The van der Waals surface area contributed by atoms with Crippen molar-refractivity contribution in [2.75, 3.05) is 18.4 Å². The Labute approximate surface area is 166 Å². The van der Waals surface area contributed by atoms with E-state index in [1.165, 1.54) is 11.0 Å². The first-order chi connectivity index (χ1) is 13.7. The number of nitrogens with zero attached hydrogens (tertiary/aromatic N) is 5. The normalized spacial score (nSPS) is 16.7. The first-order valence-corrected chi connectivity index (χ1v) is 10.1. The van der Waals surface area contributed by atoms with Crippen LogP contribution in [0.25, 0.3) is 5.69 Å². The molecule has 0 aliphatic carbocycles. The average Bonchev–Trinajstić information content (AvgIpc) is 3.42. The number of hydrogen-bond acceptors (Lipinski definition) is 6. The van der Waals surface area contributed by atoms with Crippen molar-refractivity contribution in [3.05, 3.63) is 53.0 Å². The minimum atomic E-state index is -0.211. The number of thiophene rings is 1. The van der Waals surface area contributed by atoms with Gasteiger partial charge in [-0.05, 0) is 63.9 Å². The highest BCUT2D eigenvalue weighted by Crippen LogP contribution is 2.21. The zero-order valence-electron chi connectivity index (χ0n) is 15.2. The third kappa shape index (κ3) is 4.25. The molecule has 1 aliphatic rings. The van der Waals surface area contributed by atoms with Crippen LogP contribution in [0.2, 0.25) is 0 Å². The molecule has 9 heteroatoms. The molecule has 28 heavy (non-hydrogen) atoms. The number of aromatic nitrogens is 4. The number of nitrogens with one attached hydrogen (secondary N) is 1. The van der Waals surface area contributed by atoms with Crippen LogP contribution in [0.15, 0.2) is 47.4 Å². The summed E-state index contributed by atoms with van der Waals surface area (Å²) in [7, 11) is 0. The van der Waals surface area contributed by atoms with Gasteiger partial charge in [0.1, 0.15) is 6.33 Å². The summed E-state index contributed by atoms with van der Waals surface area (Å²) in [6.07, 6.45) is 3.50. The van der Waals surface area contributed by atoms with E-state index >= 15 is 0 Å². The fraction of sp³-hybridized carbons (Fsp3) is 0.316. The lowest BCUT2D eigenvalue weighted by atomic mass is 9.96. The number of benzene rings is 1. The van der Waals surface area contributed by atoms with Crippen molar-refractivity contribution in [2.45, 2.75) is 19.3 Å². The summed E-state index contributed by atoms with van der Waals surface area (Å²) < 4.78 is 1.53. The summed E-state index contributed by atoms with van der Waals surface area (Å²) in [5.74, 6) is -0.199. The molecule has 1 saturated heterocycles. The molecule has 0 bridgehead atoms. The van der Waals surface area contributed by atoms with Crippen LogP contribution >= 0.6 is 11.3 Å². The number of likely N-dealkylation sites (tertiary alicyclic amines) is 1. The molecule has 1 aliphatic heterocycles. The second-order valence-electron chi connectivity index (χ2n) is 6.78. The molecular formula is C19H20N6O2S. The molecule has 1 unspecified atom stereocenters. The van der Waals surface area contributed by atoms with Gasteiger partial charge in [0, 0.05) is 18.8 Å². The first-order valence-electron chi connectivity index (χ1n) is 9.12. The lowest BCUT2D eigenvalue weighted by Crippen LogP contribution is -2.44. The largest absolute Gasteiger partial charge is 0.342 e. The van der Waals surface area contributed by atoms with Gasteiger partial charge in [0.25, 0.3) is 0 Å². The molecule has 1 aromatic carbocycles. The van der Waals surface area contributed by atoms with Gasteiger partial charge in [-0.1, -0.05) is 6.07 Å². The van der Waals surface area contributed by atoms with E-state index in [4.69, 9.17) is 0 Å². The standard InChI is InChI=1S/C19H20N6O2S/c26-18(9-14-6-8-28-12-14)24-7-2-3-15(11-24)19(27)21-16-4-1-5-17(10-16)25-13-20-22-23-25/h1,4-6,8,10,12-13,15H,2-3,7,9,11H2,(H,21,27).